The molecule has 2 rings (SSSR count). The van der Waals surface area contributed by atoms with Crippen LogP contribution in [-0.2, 0) is 14.4 Å². The van der Waals surface area contributed by atoms with Crippen LogP contribution in [0.3, 0.4) is 0 Å². The van der Waals surface area contributed by atoms with Gasteiger partial charge in [-0.1, -0.05) is 26.0 Å². The van der Waals surface area contributed by atoms with Crippen molar-refractivity contribution in [3.8, 4) is 5.75 Å². The lowest BCUT2D eigenvalue weighted by Gasteiger charge is -2.34. The summed E-state index contributed by atoms with van der Waals surface area (Å²) < 4.78 is 5.57. The van der Waals surface area contributed by atoms with Crippen molar-refractivity contribution >= 4 is 23.5 Å². The number of para-hydroxylation sites is 2. The van der Waals surface area contributed by atoms with E-state index in [0.29, 0.717) is 18.0 Å². The van der Waals surface area contributed by atoms with Gasteiger partial charge >= 0.3 is 5.97 Å². The summed E-state index contributed by atoms with van der Waals surface area (Å²) in [5.74, 6) is -0.752. The maximum Gasteiger partial charge on any atom is 0.305 e. The molecule has 1 aromatic rings. The molecule has 0 fully saturated rings. The molecule has 0 aromatic heterocycles. The van der Waals surface area contributed by atoms with Gasteiger partial charge in [0.15, 0.2) is 6.10 Å². The summed E-state index contributed by atoms with van der Waals surface area (Å²) in [4.78, 5) is 39.0. The van der Waals surface area contributed by atoms with E-state index in [1.165, 1.54) is 9.80 Å². The van der Waals surface area contributed by atoms with Crippen molar-refractivity contribution in [2.75, 3.05) is 24.5 Å². The number of carboxylic acids is 1. The van der Waals surface area contributed by atoms with Crippen LogP contribution in [0.1, 0.15) is 27.2 Å². The first-order chi connectivity index (χ1) is 11.8. The number of fused-ring (bicyclic) bond motifs is 1. The fourth-order valence-electron chi connectivity index (χ4n) is 2.75. The highest BCUT2D eigenvalue weighted by molar-refractivity contribution is 6.03. The number of carbonyl (C=O) groups excluding carboxylic acids is 2. The van der Waals surface area contributed by atoms with Gasteiger partial charge in [0.25, 0.3) is 5.91 Å². The van der Waals surface area contributed by atoms with E-state index in [2.05, 4.69) is 0 Å². The number of ether oxygens (including phenoxy) is 1. The highest BCUT2D eigenvalue weighted by atomic mass is 16.5. The summed E-state index contributed by atoms with van der Waals surface area (Å²) in [6.45, 7) is 6.00. The summed E-state index contributed by atoms with van der Waals surface area (Å²) >= 11 is 0. The molecule has 0 bridgehead atoms. The average molecular weight is 348 g/mol. The van der Waals surface area contributed by atoms with Crippen molar-refractivity contribution in [3.63, 3.8) is 0 Å². The van der Waals surface area contributed by atoms with Gasteiger partial charge in [0.2, 0.25) is 5.91 Å². The second-order valence-electron chi connectivity index (χ2n) is 6.53. The van der Waals surface area contributed by atoms with Crippen molar-refractivity contribution in [2.24, 2.45) is 5.92 Å². The molecule has 1 atom stereocenters. The smallest absolute Gasteiger partial charge is 0.305 e. The number of nitrogens with zero attached hydrogens (tertiary/aromatic N) is 2. The summed E-state index contributed by atoms with van der Waals surface area (Å²) in [5.41, 5.74) is 0.557. The van der Waals surface area contributed by atoms with Crippen molar-refractivity contribution in [3.05, 3.63) is 24.3 Å². The molecule has 7 nitrogen and oxygen atoms in total. The quantitative estimate of drug-likeness (QED) is 0.811. The van der Waals surface area contributed by atoms with Gasteiger partial charge in [0.05, 0.1) is 12.1 Å². The molecular formula is C18H24N2O5. The minimum atomic E-state index is -0.956. The largest absolute Gasteiger partial charge is 0.481 e. The van der Waals surface area contributed by atoms with Crippen LogP contribution >= 0.6 is 0 Å². The van der Waals surface area contributed by atoms with Crippen LogP contribution in [0.5, 0.6) is 5.75 Å². The third-order valence-corrected chi connectivity index (χ3v) is 3.90. The van der Waals surface area contributed by atoms with Gasteiger partial charge in [-0.15, -0.1) is 0 Å². The molecule has 2 amide bonds. The molecule has 0 aliphatic carbocycles. The van der Waals surface area contributed by atoms with E-state index in [9.17, 15) is 14.4 Å². The number of anilines is 1. The second kappa shape index (κ2) is 8.00. The van der Waals surface area contributed by atoms with Gasteiger partial charge < -0.3 is 14.7 Å². The number of benzene rings is 1. The molecule has 7 heteroatoms. The molecule has 0 spiro atoms. The number of rotatable bonds is 7. The molecule has 25 heavy (non-hydrogen) atoms. The normalized spacial score (nSPS) is 16.4. The maximum absolute atomic E-state index is 12.7. The minimum Gasteiger partial charge on any atom is -0.481 e. The minimum absolute atomic E-state index is 0.123. The molecule has 0 radical (unpaired) electrons. The van der Waals surface area contributed by atoms with E-state index in [1.54, 1.807) is 31.2 Å². The molecule has 1 aliphatic heterocycles. The number of carboxylic acid groups (broad SMARTS) is 1. The van der Waals surface area contributed by atoms with Crippen LogP contribution in [0.15, 0.2) is 24.3 Å². The topological polar surface area (TPSA) is 87.2 Å². The van der Waals surface area contributed by atoms with E-state index in [0.717, 1.165) is 0 Å². The zero-order valence-electron chi connectivity index (χ0n) is 14.8. The first kappa shape index (κ1) is 18.8. The Morgan fingerprint density at radius 1 is 1.32 bits per heavy atom. The standard InChI is InChI=1S/C18H24N2O5/c1-12(2)10-19(9-8-17(22)23)16(21)11-20-14-6-4-5-7-15(14)25-13(3)18(20)24/h4-7,12-13H,8-11H2,1-3H3,(H,22,23). The second-order valence-corrected chi connectivity index (χ2v) is 6.53. The predicted octanol–water partition coefficient (Wildman–Crippen LogP) is 1.76. The van der Waals surface area contributed by atoms with Gasteiger partial charge in [0.1, 0.15) is 12.3 Å². The Hall–Kier alpha value is -2.57. The van der Waals surface area contributed by atoms with E-state index >= 15 is 0 Å². The van der Waals surface area contributed by atoms with Gasteiger partial charge in [0, 0.05) is 13.1 Å². The fraction of sp³-hybridized carbons (Fsp3) is 0.500. The average Bonchev–Trinajstić information content (AvgIpc) is 2.55. The van der Waals surface area contributed by atoms with Gasteiger partial charge in [-0.05, 0) is 25.0 Å². The number of hydrogen-bond acceptors (Lipinski definition) is 4. The lowest BCUT2D eigenvalue weighted by molar-refractivity contribution is -0.139. The molecular weight excluding hydrogens is 324 g/mol. The summed E-state index contributed by atoms with van der Waals surface area (Å²) in [6, 6.07) is 7.07. The Labute approximate surface area is 147 Å². The highest BCUT2D eigenvalue weighted by Gasteiger charge is 2.33. The van der Waals surface area contributed by atoms with E-state index in [4.69, 9.17) is 9.84 Å². The zero-order chi connectivity index (χ0) is 18.6. The monoisotopic (exact) mass is 348 g/mol. The molecule has 1 aliphatic rings. The van der Waals surface area contributed by atoms with Crippen LogP contribution in [0.25, 0.3) is 0 Å². The third-order valence-electron chi connectivity index (χ3n) is 3.90. The lowest BCUT2D eigenvalue weighted by Crippen LogP contribution is -2.50. The third kappa shape index (κ3) is 4.71. The maximum atomic E-state index is 12.7. The van der Waals surface area contributed by atoms with Crippen LogP contribution in [-0.4, -0.2) is 53.5 Å². The zero-order valence-corrected chi connectivity index (χ0v) is 14.8. The van der Waals surface area contributed by atoms with Crippen LogP contribution in [0, 0.1) is 5.92 Å². The Kier molecular flexibility index (Phi) is 6.01. The summed E-state index contributed by atoms with van der Waals surface area (Å²) in [7, 11) is 0. The first-order valence-electron chi connectivity index (χ1n) is 8.36. The van der Waals surface area contributed by atoms with Gasteiger partial charge in [-0.3, -0.25) is 19.3 Å². The van der Waals surface area contributed by atoms with Crippen molar-refractivity contribution in [1.82, 2.24) is 4.90 Å². The molecule has 136 valence electrons. The number of amides is 2. The fourth-order valence-corrected chi connectivity index (χ4v) is 2.75. The van der Waals surface area contributed by atoms with Crippen molar-refractivity contribution < 1.29 is 24.2 Å². The molecule has 1 aromatic carbocycles. The van der Waals surface area contributed by atoms with Crippen LogP contribution in [0.4, 0.5) is 5.69 Å². The van der Waals surface area contributed by atoms with Crippen LogP contribution < -0.4 is 9.64 Å². The molecule has 0 saturated heterocycles. The van der Waals surface area contributed by atoms with Crippen molar-refractivity contribution in [2.45, 2.75) is 33.3 Å². The Morgan fingerprint density at radius 3 is 2.64 bits per heavy atom. The van der Waals surface area contributed by atoms with Crippen LogP contribution in [0.2, 0.25) is 0 Å². The molecule has 0 saturated carbocycles. The SMILES string of the molecule is CC(C)CN(CCC(=O)O)C(=O)CN1C(=O)C(C)Oc2ccccc21. The number of aliphatic carboxylic acids is 1. The number of carbonyl (C=O) groups is 3. The first-order valence-corrected chi connectivity index (χ1v) is 8.36. The molecule has 1 heterocycles. The highest BCUT2D eigenvalue weighted by Crippen LogP contribution is 2.33. The molecule has 1 N–H and O–H groups in total. The summed E-state index contributed by atoms with van der Waals surface area (Å²) in [6.07, 6.45) is -0.789. The Morgan fingerprint density at radius 2 is 2.00 bits per heavy atom. The molecule has 1 unspecified atom stereocenters. The Balaban J connectivity index is 2.18. The van der Waals surface area contributed by atoms with E-state index < -0.39 is 12.1 Å². The predicted molar refractivity (Wildman–Crippen MR) is 92.6 cm³/mol. The lowest BCUT2D eigenvalue weighted by atomic mass is 10.1. The number of hydrogen-bond donors (Lipinski definition) is 1. The van der Waals surface area contributed by atoms with Gasteiger partial charge in [-0.25, -0.2) is 0 Å². The van der Waals surface area contributed by atoms with Crippen molar-refractivity contribution in [1.29, 1.82) is 0 Å². The summed E-state index contributed by atoms with van der Waals surface area (Å²) in [5, 5.41) is 8.89. The van der Waals surface area contributed by atoms with E-state index in [-0.39, 0.29) is 37.2 Å². The Bertz CT molecular complexity index is 659. The van der Waals surface area contributed by atoms with Gasteiger partial charge in [-0.2, -0.15) is 0 Å². The van der Waals surface area contributed by atoms with E-state index in [1.807, 2.05) is 13.8 Å².